The predicted octanol–water partition coefficient (Wildman–Crippen LogP) is 12.1. The molecule has 1 aromatic heterocycles. The summed E-state index contributed by atoms with van der Waals surface area (Å²) >= 11 is 0. The number of anilines is 2. The summed E-state index contributed by atoms with van der Waals surface area (Å²) in [5, 5.41) is 0. The highest BCUT2D eigenvalue weighted by molar-refractivity contribution is 5.77. The number of aromatic nitrogens is 3. The Kier molecular flexibility index (Phi) is 7.40. The van der Waals surface area contributed by atoms with E-state index in [1.807, 2.05) is 0 Å². The van der Waals surface area contributed by atoms with Gasteiger partial charge in [-0.2, -0.15) is 0 Å². The summed E-state index contributed by atoms with van der Waals surface area (Å²) in [7, 11) is 0. The fourth-order valence-corrected chi connectivity index (χ4v) is 15.7. The van der Waals surface area contributed by atoms with Gasteiger partial charge in [0.05, 0.1) is 11.5 Å². The summed E-state index contributed by atoms with van der Waals surface area (Å²) in [5.41, 5.74) is 7.53. The standard InChI is InChI=1S/C54H54N4/c1-3-11-42(12-4-1)54(43-13-5-2-6-14-43)45-15-7-9-17-47(45)58(48-18-10-8-16-46(48)54)44-21-19-41(20-22-44)49-55-50(52-29-35-23-36(30-52)25-37(24-35)31-52)57-51(56-49)53-32-38-26-39(33-53)28-40(27-38)34-53/h1-22,35-40,45,47H,23-34H2. The van der Waals surface area contributed by atoms with Gasteiger partial charge in [0.2, 0.25) is 0 Å². The average Bonchev–Trinajstić information content (AvgIpc) is 3.25. The molecule has 58 heavy (non-hydrogen) atoms. The van der Waals surface area contributed by atoms with Gasteiger partial charge < -0.3 is 4.90 Å². The first kappa shape index (κ1) is 34.1. The molecule has 0 N–H and O–H groups in total. The first-order chi connectivity index (χ1) is 28.6. The lowest BCUT2D eigenvalue weighted by Crippen LogP contribution is -2.53. The van der Waals surface area contributed by atoms with Crippen LogP contribution in [-0.4, -0.2) is 21.0 Å². The predicted molar refractivity (Wildman–Crippen MR) is 232 cm³/mol. The summed E-state index contributed by atoms with van der Waals surface area (Å²) in [5.74, 6) is 8.56. The maximum atomic E-state index is 5.72. The van der Waals surface area contributed by atoms with Crippen LogP contribution in [0.25, 0.3) is 11.4 Å². The second-order valence-electron chi connectivity index (χ2n) is 20.5. The van der Waals surface area contributed by atoms with E-state index in [0.29, 0.717) is 0 Å². The minimum atomic E-state index is -0.353. The van der Waals surface area contributed by atoms with Crippen LogP contribution in [0.4, 0.5) is 11.4 Å². The van der Waals surface area contributed by atoms with Gasteiger partial charge in [0, 0.05) is 33.7 Å². The van der Waals surface area contributed by atoms with Gasteiger partial charge in [-0.05, 0) is 160 Å². The summed E-state index contributed by atoms with van der Waals surface area (Å²) in [6.07, 6.45) is 25.7. The molecule has 2 heterocycles. The lowest BCUT2D eigenvalue weighted by atomic mass is 9.49. The molecule has 0 spiro atoms. The van der Waals surface area contributed by atoms with Gasteiger partial charge in [-0.3, -0.25) is 0 Å². The fourth-order valence-electron chi connectivity index (χ4n) is 15.7. The highest BCUT2D eigenvalue weighted by atomic mass is 15.2. The molecule has 0 radical (unpaired) electrons. The van der Waals surface area contributed by atoms with Gasteiger partial charge in [0.15, 0.2) is 5.82 Å². The molecule has 1 aliphatic heterocycles. The van der Waals surface area contributed by atoms with Crippen LogP contribution in [0.3, 0.4) is 0 Å². The van der Waals surface area contributed by atoms with E-state index in [0.717, 1.165) is 58.5 Å². The van der Waals surface area contributed by atoms with E-state index >= 15 is 0 Å². The number of fused-ring (bicyclic) bond motifs is 2. The van der Waals surface area contributed by atoms with Crippen molar-refractivity contribution in [2.75, 3.05) is 4.90 Å². The van der Waals surface area contributed by atoms with Gasteiger partial charge in [-0.15, -0.1) is 0 Å². The SMILES string of the molecule is C1=CC2C(C=C1)C(c1ccccc1)(c1ccccc1)c1ccccc1N2c1ccc(-c2nc(C34CC5CC(CC(C5)C3)C4)nc(C34CC5CC(CC(C5)C3)C4)n2)cc1. The summed E-state index contributed by atoms with van der Waals surface area (Å²) in [4.78, 5) is 19.5. The summed E-state index contributed by atoms with van der Waals surface area (Å²) in [6, 6.07) is 41.1. The van der Waals surface area contributed by atoms with Crippen molar-refractivity contribution in [3.8, 4) is 11.4 Å². The Morgan fingerprint density at radius 3 is 1.45 bits per heavy atom. The highest BCUT2D eigenvalue weighted by Gasteiger charge is 2.57. The molecule has 8 bridgehead atoms. The van der Waals surface area contributed by atoms with Crippen molar-refractivity contribution in [3.63, 3.8) is 0 Å². The van der Waals surface area contributed by atoms with E-state index in [4.69, 9.17) is 15.0 Å². The normalized spacial score (nSPS) is 35.6. The van der Waals surface area contributed by atoms with Gasteiger partial charge in [0.1, 0.15) is 11.6 Å². The van der Waals surface area contributed by atoms with Crippen LogP contribution in [0.15, 0.2) is 133 Å². The van der Waals surface area contributed by atoms with Crippen molar-refractivity contribution in [3.05, 3.63) is 162 Å². The molecule has 4 nitrogen and oxygen atoms in total. The Labute approximate surface area is 344 Å². The van der Waals surface area contributed by atoms with Gasteiger partial charge in [-0.1, -0.05) is 103 Å². The second kappa shape index (κ2) is 12.6. The van der Waals surface area contributed by atoms with Crippen LogP contribution in [0, 0.1) is 41.4 Å². The van der Waals surface area contributed by atoms with Crippen LogP contribution in [0.2, 0.25) is 0 Å². The molecule has 4 aromatic carbocycles. The van der Waals surface area contributed by atoms with Crippen molar-refractivity contribution >= 4 is 11.4 Å². The number of hydrogen-bond acceptors (Lipinski definition) is 4. The highest BCUT2D eigenvalue weighted by Crippen LogP contribution is 2.63. The quantitative estimate of drug-likeness (QED) is 0.173. The molecule has 2 atom stereocenters. The third-order valence-electron chi connectivity index (χ3n) is 17.0. The maximum absolute atomic E-state index is 5.72. The summed E-state index contributed by atoms with van der Waals surface area (Å²) in [6.45, 7) is 0. The molecule has 9 aliphatic carbocycles. The number of benzene rings is 4. The third-order valence-corrected chi connectivity index (χ3v) is 17.0. The number of allylic oxidation sites excluding steroid dienone is 2. The molecule has 290 valence electrons. The third kappa shape index (κ3) is 4.96. The minimum absolute atomic E-state index is 0.119. The van der Waals surface area contributed by atoms with Crippen LogP contribution in [0.1, 0.15) is 105 Å². The van der Waals surface area contributed by atoms with Crippen molar-refractivity contribution in [1.29, 1.82) is 0 Å². The monoisotopic (exact) mass is 758 g/mol. The molecule has 2 unspecified atom stereocenters. The molecule has 0 amide bonds. The smallest absolute Gasteiger partial charge is 0.163 e. The second-order valence-corrected chi connectivity index (χ2v) is 20.5. The van der Waals surface area contributed by atoms with E-state index < -0.39 is 0 Å². The lowest BCUT2D eigenvalue weighted by Gasteiger charge is -2.57. The van der Waals surface area contributed by atoms with Gasteiger partial charge in [0.25, 0.3) is 0 Å². The molecule has 4 heteroatoms. The molecule has 8 fully saturated rings. The van der Waals surface area contributed by atoms with E-state index in [1.54, 1.807) is 0 Å². The Hall–Kier alpha value is -4.83. The maximum Gasteiger partial charge on any atom is 0.163 e. The molecular weight excluding hydrogens is 705 g/mol. The van der Waals surface area contributed by atoms with E-state index in [-0.39, 0.29) is 28.2 Å². The zero-order valence-electron chi connectivity index (χ0n) is 33.6. The lowest BCUT2D eigenvalue weighted by molar-refractivity contribution is -0.0155. The Balaban J connectivity index is 0.937. The Morgan fingerprint density at radius 2 is 0.931 bits per heavy atom. The van der Waals surface area contributed by atoms with Crippen LogP contribution in [0.5, 0.6) is 0 Å². The number of para-hydroxylation sites is 1. The molecule has 15 rings (SSSR count). The zero-order valence-corrected chi connectivity index (χ0v) is 33.6. The van der Waals surface area contributed by atoms with Gasteiger partial charge >= 0.3 is 0 Å². The van der Waals surface area contributed by atoms with Crippen molar-refractivity contribution in [2.24, 2.45) is 41.4 Å². The molecular formula is C54H54N4. The fraction of sp³-hybridized carbons (Fsp3) is 0.426. The first-order valence-electron chi connectivity index (χ1n) is 22.8. The van der Waals surface area contributed by atoms with Crippen molar-refractivity contribution in [1.82, 2.24) is 15.0 Å². The zero-order chi connectivity index (χ0) is 38.1. The number of hydrogen-bond donors (Lipinski definition) is 0. The van der Waals surface area contributed by atoms with E-state index in [2.05, 4.69) is 138 Å². The molecule has 5 aromatic rings. The first-order valence-corrected chi connectivity index (χ1v) is 22.8. The number of rotatable bonds is 6. The Bertz CT molecular complexity index is 2270. The largest absolute Gasteiger partial charge is 0.334 e. The van der Waals surface area contributed by atoms with Crippen LogP contribution in [-0.2, 0) is 16.2 Å². The van der Waals surface area contributed by atoms with E-state index in [9.17, 15) is 0 Å². The number of nitrogens with zero attached hydrogens (tertiary/aromatic N) is 4. The Morgan fingerprint density at radius 1 is 0.466 bits per heavy atom. The van der Waals surface area contributed by atoms with Crippen LogP contribution < -0.4 is 4.90 Å². The molecule has 10 aliphatic rings. The summed E-state index contributed by atoms with van der Waals surface area (Å²) < 4.78 is 0. The van der Waals surface area contributed by atoms with Gasteiger partial charge in [-0.25, -0.2) is 15.0 Å². The molecule has 0 saturated heterocycles. The van der Waals surface area contributed by atoms with Crippen molar-refractivity contribution < 1.29 is 0 Å². The van der Waals surface area contributed by atoms with Crippen LogP contribution >= 0.6 is 0 Å². The average molecular weight is 759 g/mol. The topological polar surface area (TPSA) is 41.9 Å². The minimum Gasteiger partial charge on any atom is -0.334 e. The van der Waals surface area contributed by atoms with E-state index in [1.165, 1.54) is 105 Å². The molecule has 8 saturated carbocycles. The van der Waals surface area contributed by atoms with Crippen molar-refractivity contribution in [2.45, 2.75) is 99.3 Å².